The number of aliphatic hydroxyl groups excluding tert-OH is 1. The van der Waals surface area contributed by atoms with Crippen LogP contribution in [0.1, 0.15) is 119 Å². The van der Waals surface area contributed by atoms with Crippen LogP contribution in [0.4, 0.5) is 0 Å². The molecule has 0 aromatic carbocycles. The maximum Gasteiger partial charge on any atom is 0.306 e. The standard InChI is InChI=1S/C35H58O3/c1-7-25(23(2)3)12-11-24(4)30-15-16-31-29-14-13-27-22-26(28(33(37)38)10-8-9-21-36)17-19-34(27,5)32(29)18-20-35(30,31)6/h11-13,23-26,28-32,36H,7-10,14-22H2,1-6H3,(H,37,38)/b12-11+/t24-,25-,26+,28?,29+,30-,31+,32+,34+,35-/m1/s1. The fourth-order valence-corrected chi connectivity index (χ4v) is 10.3. The number of aliphatic hydroxyl groups is 1. The Morgan fingerprint density at radius 2 is 1.82 bits per heavy atom. The van der Waals surface area contributed by atoms with Crippen molar-refractivity contribution in [1.29, 1.82) is 0 Å². The number of rotatable bonds is 11. The third kappa shape index (κ3) is 5.57. The van der Waals surface area contributed by atoms with Crippen LogP contribution in [-0.4, -0.2) is 22.8 Å². The average Bonchev–Trinajstić information content (AvgIpc) is 3.23. The minimum Gasteiger partial charge on any atom is -0.481 e. The first-order chi connectivity index (χ1) is 18.1. The van der Waals surface area contributed by atoms with Gasteiger partial charge in [0.2, 0.25) is 0 Å². The van der Waals surface area contributed by atoms with Crippen LogP contribution in [-0.2, 0) is 4.79 Å². The second-order valence-corrected chi connectivity index (χ2v) is 14.7. The summed E-state index contributed by atoms with van der Waals surface area (Å²) in [5.41, 5.74) is 2.33. The molecular weight excluding hydrogens is 468 g/mol. The summed E-state index contributed by atoms with van der Waals surface area (Å²) in [7, 11) is 0. The number of carbonyl (C=O) groups is 1. The van der Waals surface area contributed by atoms with Gasteiger partial charge in [0.1, 0.15) is 0 Å². The number of carboxylic acid groups (broad SMARTS) is 1. The molecule has 0 bridgehead atoms. The van der Waals surface area contributed by atoms with E-state index in [4.69, 9.17) is 0 Å². The van der Waals surface area contributed by atoms with Gasteiger partial charge in [0.05, 0.1) is 5.92 Å². The van der Waals surface area contributed by atoms with Gasteiger partial charge in [-0.25, -0.2) is 0 Å². The van der Waals surface area contributed by atoms with Crippen molar-refractivity contribution in [3.05, 3.63) is 23.8 Å². The van der Waals surface area contributed by atoms with Crippen LogP contribution in [0.2, 0.25) is 0 Å². The van der Waals surface area contributed by atoms with Gasteiger partial charge in [0.15, 0.2) is 0 Å². The van der Waals surface area contributed by atoms with E-state index in [0.29, 0.717) is 30.1 Å². The van der Waals surface area contributed by atoms with Crippen molar-refractivity contribution in [1.82, 2.24) is 0 Å². The summed E-state index contributed by atoms with van der Waals surface area (Å²) >= 11 is 0. The van der Waals surface area contributed by atoms with Crippen molar-refractivity contribution < 1.29 is 15.0 Å². The van der Waals surface area contributed by atoms with Gasteiger partial charge in [-0.05, 0) is 129 Å². The van der Waals surface area contributed by atoms with E-state index in [-0.39, 0.29) is 23.9 Å². The average molecular weight is 527 g/mol. The Bertz CT molecular complexity index is 872. The monoisotopic (exact) mass is 526 g/mol. The van der Waals surface area contributed by atoms with Crippen LogP contribution in [0.15, 0.2) is 23.8 Å². The second-order valence-electron chi connectivity index (χ2n) is 14.7. The zero-order valence-corrected chi connectivity index (χ0v) is 25.4. The number of fused-ring (bicyclic) bond motifs is 5. The summed E-state index contributed by atoms with van der Waals surface area (Å²) in [6.07, 6.45) is 21.1. The van der Waals surface area contributed by atoms with Crippen LogP contribution in [0, 0.1) is 64.1 Å². The minimum absolute atomic E-state index is 0.163. The van der Waals surface area contributed by atoms with Crippen LogP contribution >= 0.6 is 0 Å². The van der Waals surface area contributed by atoms with Gasteiger partial charge in [0, 0.05) is 6.61 Å². The van der Waals surface area contributed by atoms with Gasteiger partial charge < -0.3 is 10.2 Å². The largest absolute Gasteiger partial charge is 0.481 e. The predicted octanol–water partition coefficient (Wildman–Crippen LogP) is 8.92. The molecule has 0 aromatic heterocycles. The number of unbranched alkanes of at least 4 members (excludes halogenated alkanes) is 1. The SMILES string of the molecule is CC[C@H](/C=C/[C@@H](C)[C@H]1CC[C@H]2[C@@H]3CC=C4C[C@@H](C(CCCCO)C(=O)O)CC[C@]4(C)[C@H]3CC[C@]12C)C(C)C. The van der Waals surface area contributed by atoms with Crippen LogP contribution in [0.3, 0.4) is 0 Å². The lowest BCUT2D eigenvalue weighted by atomic mass is 9.46. The Morgan fingerprint density at radius 3 is 2.47 bits per heavy atom. The molecule has 216 valence electrons. The number of hydrogen-bond acceptors (Lipinski definition) is 2. The second kappa shape index (κ2) is 12.2. The Balaban J connectivity index is 1.47. The highest BCUT2D eigenvalue weighted by atomic mass is 16.4. The quantitative estimate of drug-likeness (QED) is 0.209. The van der Waals surface area contributed by atoms with Crippen molar-refractivity contribution in [3.8, 4) is 0 Å². The molecule has 2 N–H and O–H groups in total. The molecule has 0 heterocycles. The molecule has 4 aliphatic carbocycles. The molecule has 0 aliphatic heterocycles. The van der Waals surface area contributed by atoms with Crippen molar-refractivity contribution >= 4 is 5.97 Å². The maximum absolute atomic E-state index is 12.2. The number of allylic oxidation sites excluding steroid dienone is 4. The molecule has 0 spiro atoms. The van der Waals surface area contributed by atoms with Gasteiger partial charge >= 0.3 is 5.97 Å². The summed E-state index contributed by atoms with van der Waals surface area (Å²) in [5, 5.41) is 19.2. The van der Waals surface area contributed by atoms with Crippen molar-refractivity contribution in [2.75, 3.05) is 6.61 Å². The number of hydrogen-bond donors (Lipinski definition) is 2. The Morgan fingerprint density at radius 1 is 1.05 bits per heavy atom. The van der Waals surface area contributed by atoms with E-state index in [0.717, 1.165) is 55.3 Å². The Hall–Kier alpha value is -1.09. The zero-order chi connectivity index (χ0) is 27.7. The molecule has 3 nitrogen and oxygen atoms in total. The highest BCUT2D eigenvalue weighted by Crippen LogP contribution is 2.67. The molecule has 38 heavy (non-hydrogen) atoms. The van der Waals surface area contributed by atoms with E-state index in [1.165, 1.54) is 38.5 Å². The normalized spacial score (nSPS) is 39.3. The van der Waals surface area contributed by atoms with Gasteiger partial charge in [-0.3, -0.25) is 4.79 Å². The Kier molecular flexibility index (Phi) is 9.59. The summed E-state index contributed by atoms with van der Waals surface area (Å²) < 4.78 is 0. The van der Waals surface area contributed by atoms with Crippen molar-refractivity contribution in [2.45, 2.75) is 119 Å². The molecule has 3 saturated carbocycles. The van der Waals surface area contributed by atoms with E-state index < -0.39 is 5.97 Å². The van der Waals surface area contributed by atoms with E-state index in [1.54, 1.807) is 5.57 Å². The molecule has 0 amide bonds. The summed E-state index contributed by atoms with van der Waals surface area (Å²) in [6.45, 7) is 14.9. The predicted molar refractivity (Wildman–Crippen MR) is 158 cm³/mol. The zero-order valence-electron chi connectivity index (χ0n) is 25.4. The van der Waals surface area contributed by atoms with Gasteiger partial charge in [0.25, 0.3) is 0 Å². The van der Waals surface area contributed by atoms with E-state index in [1.807, 2.05) is 0 Å². The topological polar surface area (TPSA) is 57.5 Å². The smallest absolute Gasteiger partial charge is 0.306 e. The lowest BCUT2D eigenvalue weighted by Crippen LogP contribution is -2.50. The third-order valence-electron chi connectivity index (χ3n) is 12.6. The van der Waals surface area contributed by atoms with Crippen molar-refractivity contribution in [2.24, 2.45) is 64.1 Å². The van der Waals surface area contributed by atoms with E-state index in [9.17, 15) is 15.0 Å². The van der Waals surface area contributed by atoms with Crippen LogP contribution < -0.4 is 0 Å². The number of aliphatic carboxylic acids is 1. The van der Waals surface area contributed by atoms with Crippen molar-refractivity contribution in [3.63, 3.8) is 0 Å². The van der Waals surface area contributed by atoms with Gasteiger partial charge in [-0.15, -0.1) is 0 Å². The lowest BCUT2D eigenvalue weighted by Gasteiger charge is -2.58. The first kappa shape index (κ1) is 29.9. The molecule has 0 saturated heterocycles. The first-order valence-electron chi connectivity index (χ1n) is 16.3. The summed E-state index contributed by atoms with van der Waals surface area (Å²) in [6, 6.07) is 0. The molecule has 4 rings (SSSR count). The number of carboxylic acids is 1. The maximum atomic E-state index is 12.2. The first-order valence-corrected chi connectivity index (χ1v) is 16.3. The highest BCUT2D eigenvalue weighted by molar-refractivity contribution is 5.70. The minimum atomic E-state index is -0.627. The van der Waals surface area contributed by atoms with Gasteiger partial charge in [-0.1, -0.05) is 71.8 Å². The molecule has 1 unspecified atom stereocenters. The van der Waals surface area contributed by atoms with Crippen LogP contribution in [0.5, 0.6) is 0 Å². The molecule has 3 fully saturated rings. The van der Waals surface area contributed by atoms with E-state index in [2.05, 4.69) is 59.8 Å². The summed E-state index contributed by atoms with van der Waals surface area (Å²) in [5.74, 6) is 4.68. The lowest BCUT2D eigenvalue weighted by molar-refractivity contribution is -0.145. The molecule has 0 radical (unpaired) electrons. The fraction of sp³-hybridized carbons (Fsp3) is 0.857. The van der Waals surface area contributed by atoms with Gasteiger partial charge in [-0.2, -0.15) is 0 Å². The molecule has 10 atom stereocenters. The molecular formula is C35H58O3. The Labute approximate surface area is 233 Å². The molecule has 0 aromatic rings. The third-order valence-corrected chi connectivity index (χ3v) is 12.6. The molecule has 4 aliphatic rings. The summed E-state index contributed by atoms with van der Waals surface area (Å²) in [4.78, 5) is 12.2. The van der Waals surface area contributed by atoms with Crippen LogP contribution in [0.25, 0.3) is 0 Å². The molecule has 3 heteroatoms. The highest BCUT2D eigenvalue weighted by Gasteiger charge is 2.59. The fourth-order valence-electron chi connectivity index (χ4n) is 10.3. The van der Waals surface area contributed by atoms with E-state index >= 15 is 0 Å².